The van der Waals surface area contributed by atoms with Crippen molar-refractivity contribution in [3.63, 3.8) is 0 Å². The highest BCUT2D eigenvalue weighted by Crippen LogP contribution is 2.40. The molecule has 1 aromatic heterocycles. The highest BCUT2D eigenvalue weighted by molar-refractivity contribution is 5.76. The van der Waals surface area contributed by atoms with Gasteiger partial charge in [-0.1, -0.05) is 6.42 Å². The van der Waals surface area contributed by atoms with Crippen molar-refractivity contribution in [2.75, 3.05) is 50.9 Å². The number of pyridine rings is 1. The fourth-order valence-corrected chi connectivity index (χ4v) is 4.69. The van der Waals surface area contributed by atoms with Crippen LogP contribution >= 0.6 is 0 Å². The second kappa shape index (κ2) is 8.48. The van der Waals surface area contributed by atoms with Crippen LogP contribution in [0.1, 0.15) is 50.0 Å². The molecule has 3 aliphatic heterocycles. The first-order valence-electron chi connectivity index (χ1n) is 11.3. The highest BCUT2D eigenvalue weighted by atomic mass is 16.5. The first kappa shape index (κ1) is 19.1. The van der Waals surface area contributed by atoms with E-state index in [2.05, 4.69) is 16.3 Å². The topological polar surface area (TPSA) is 66.9 Å². The van der Waals surface area contributed by atoms with Gasteiger partial charge in [-0.25, -0.2) is 4.98 Å². The van der Waals surface area contributed by atoms with Crippen LogP contribution in [0.25, 0.3) is 0 Å². The molecule has 1 aliphatic carbocycles. The first-order valence-corrected chi connectivity index (χ1v) is 11.3. The second-order valence-corrected chi connectivity index (χ2v) is 8.81. The van der Waals surface area contributed by atoms with E-state index in [0.29, 0.717) is 38.2 Å². The Morgan fingerprint density at radius 3 is 2.93 bits per heavy atom. The maximum absolute atomic E-state index is 12.7. The molecule has 1 saturated carbocycles. The molecule has 29 heavy (non-hydrogen) atoms. The molecule has 158 valence electrons. The minimum atomic E-state index is 0.199. The Morgan fingerprint density at radius 2 is 2.17 bits per heavy atom. The van der Waals surface area contributed by atoms with Gasteiger partial charge in [0, 0.05) is 38.3 Å². The number of nitrogens with one attached hydrogen (secondary N) is 1. The summed E-state index contributed by atoms with van der Waals surface area (Å²) in [6.07, 6.45) is 8.47. The summed E-state index contributed by atoms with van der Waals surface area (Å²) in [5.41, 5.74) is 1.32. The molecule has 0 aromatic carbocycles. The average Bonchev–Trinajstić information content (AvgIpc) is 2.83. The summed E-state index contributed by atoms with van der Waals surface area (Å²) in [4.78, 5) is 21.8. The van der Waals surface area contributed by atoms with Crippen LogP contribution in [0.15, 0.2) is 12.3 Å². The van der Waals surface area contributed by atoms with Crippen molar-refractivity contribution in [3.05, 3.63) is 17.8 Å². The molecule has 2 unspecified atom stereocenters. The van der Waals surface area contributed by atoms with E-state index in [-0.39, 0.29) is 11.9 Å². The van der Waals surface area contributed by atoms with Crippen molar-refractivity contribution >= 4 is 11.7 Å². The third-order valence-electron chi connectivity index (χ3n) is 6.95. The number of ether oxygens (including phenoxy) is 2. The molecule has 7 heteroatoms. The molecule has 1 amide bonds. The molecule has 2 saturated heterocycles. The van der Waals surface area contributed by atoms with Crippen molar-refractivity contribution in [3.8, 4) is 5.75 Å². The van der Waals surface area contributed by atoms with Gasteiger partial charge in [-0.3, -0.25) is 4.79 Å². The van der Waals surface area contributed by atoms with E-state index < -0.39 is 0 Å². The van der Waals surface area contributed by atoms with Gasteiger partial charge in [0.05, 0.1) is 32.3 Å². The van der Waals surface area contributed by atoms with Crippen molar-refractivity contribution in [1.82, 2.24) is 15.2 Å². The fraction of sp³-hybridized carbons (Fsp3) is 0.727. The molecule has 0 spiro atoms. The number of carbonyl (C=O) groups excluding carboxylic acids is 1. The number of hydrogen-bond acceptors (Lipinski definition) is 6. The summed E-state index contributed by atoms with van der Waals surface area (Å²) in [5, 5.41) is 3.31. The number of amides is 1. The zero-order valence-corrected chi connectivity index (χ0v) is 17.1. The quantitative estimate of drug-likeness (QED) is 0.736. The van der Waals surface area contributed by atoms with Crippen LogP contribution in [-0.2, 0) is 9.53 Å². The maximum Gasteiger partial charge on any atom is 0.225 e. The van der Waals surface area contributed by atoms with Gasteiger partial charge in [-0.2, -0.15) is 0 Å². The van der Waals surface area contributed by atoms with E-state index in [1.165, 1.54) is 31.2 Å². The van der Waals surface area contributed by atoms with Gasteiger partial charge in [-0.15, -0.1) is 0 Å². The summed E-state index contributed by atoms with van der Waals surface area (Å²) in [6, 6.07) is 2.97. The van der Waals surface area contributed by atoms with Crippen LogP contribution in [0, 0.1) is 0 Å². The molecular formula is C22H32N4O3. The lowest BCUT2D eigenvalue weighted by atomic mass is 9.81. The standard InChI is InChI=1S/C22H32N4O3/c27-21(6-10-28-15-18-4-7-23-18)25-8-9-26-19(14-25)5-11-29-20-12-17(13-24-22(20)26)16-2-1-3-16/h12-13,16,18-19,23H,1-11,14-15H2. The van der Waals surface area contributed by atoms with Crippen molar-refractivity contribution in [2.45, 2.75) is 56.5 Å². The third kappa shape index (κ3) is 4.08. The lowest BCUT2D eigenvalue weighted by Crippen LogP contribution is -2.55. The molecule has 1 N–H and O–H groups in total. The fourth-order valence-electron chi connectivity index (χ4n) is 4.69. The van der Waals surface area contributed by atoms with Gasteiger partial charge in [0.1, 0.15) is 0 Å². The third-order valence-corrected chi connectivity index (χ3v) is 6.95. The Balaban J connectivity index is 1.17. The van der Waals surface area contributed by atoms with Crippen molar-refractivity contribution < 1.29 is 14.3 Å². The van der Waals surface area contributed by atoms with Gasteiger partial charge >= 0.3 is 0 Å². The second-order valence-electron chi connectivity index (χ2n) is 8.81. The number of nitrogens with zero attached hydrogens (tertiary/aromatic N) is 3. The monoisotopic (exact) mass is 400 g/mol. The predicted molar refractivity (Wildman–Crippen MR) is 110 cm³/mol. The number of rotatable bonds is 6. The number of fused-ring (bicyclic) bond motifs is 3. The normalized spacial score (nSPS) is 26.5. The number of aromatic nitrogens is 1. The maximum atomic E-state index is 12.7. The number of anilines is 1. The molecular weight excluding hydrogens is 368 g/mol. The summed E-state index contributed by atoms with van der Waals surface area (Å²) in [6.45, 7) is 5.30. The molecule has 4 heterocycles. The Bertz CT molecular complexity index is 735. The predicted octanol–water partition coefficient (Wildman–Crippen LogP) is 1.92. The van der Waals surface area contributed by atoms with Crippen LogP contribution in [0.2, 0.25) is 0 Å². The van der Waals surface area contributed by atoms with Crippen LogP contribution in [0.3, 0.4) is 0 Å². The molecule has 4 aliphatic rings. The van der Waals surface area contributed by atoms with Crippen LogP contribution in [0.4, 0.5) is 5.82 Å². The van der Waals surface area contributed by atoms with Crippen LogP contribution in [-0.4, -0.2) is 73.9 Å². The van der Waals surface area contributed by atoms with E-state index in [1.54, 1.807) is 0 Å². The van der Waals surface area contributed by atoms with Crippen molar-refractivity contribution in [2.24, 2.45) is 0 Å². The molecule has 7 nitrogen and oxygen atoms in total. The molecule has 1 aromatic rings. The van der Waals surface area contributed by atoms with Gasteiger partial charge < -0.3 is 24.6 Å². The first-order chi connectivity index (χ1) is 14.3. The SMILES string of the molecule is O=C(CCOCC1CCN1)N1CCN2c3ncc(C4CCC4)cc3OCCC2C1. The van der Waals surface area contributed by atoms with Gasteiger partial charge in [0.25, 0.3) is 0 Å². The van der Waals surface area contributed by atoms with Gasteiger partial charge in [0.2, 0.25) is 5.91 Å². The zero-order valence-electron chi connectivity index (χ0n) is 17.1. The lowest BCUT2D eigenvalue weighted by molar-refractivity contribution is -0.133. The number of hydrogen-bond donors (Lipinski definition) is 1. The van der Waals surface area contributed by atoms with Crippen LogP contribution in [0.5, 0.6) is 5.75 Å². The van der Waals surface area contributed by atoms with Gasteiger partial charge in [0.15, 0.2) is 11.6 Å². The highest BCUT2D eigenvalue weighted by Gasteiger charge is 2.34. The minimum Gasteiger partial charge on any atom is -0.490 e. The number of piperazine rings is 1. The summed E-state index contributed by atoms with van der Waals surface area (Å²) in [7, 11) is 0. The van der Waals surface area contributed by atoms with E-state index in [1.807, 2.05) is 11.1 Å². The summed E-state index contributed by atoms with van der Waals surface area (Å²) < 4.78 is 11.7. The molecule has 3 fully saturated rings. The lowest BCUT2D eigenvalue weighted by Gasteiger charge is -2.41. The molecule has 0 radical (unpaired) electrons. The minimum absolute atomic E-state index is 0.199. The summed E-state index contributed by atoms with van der Waals surface area (Å²) >= 11 is 0. The van der Waals surface area contributed by atoms with E-state index in [4.69, 9.17) is 14.5 Å². The van der Waals surface area contributed by atoms with Crippen LogP contribution < -0.4 is 15.0 Å². The largest absolute Gasteiger partial charge is 0.490 e. The molecule has 0 bridgehead atoms. The van der Waals surface area contributed by atoms with E-state index in [0.717, 1.165) is 44.2 Å². The Hall–Kier alpha value is -1.86. The summed E-state index contributed by atoms with van der Waals surface area (Å²) in [5.74, 6) is 2.74. The Kier molecular flexibility index (Phi) is 5.59. The smallest absolute Gasteiger partial charge is 0.225 e. The molecule has 5 rings (SSSR count). The van der Waals surface area contributed by atoms with Crippen molar-refractivity contribution in [1.29, 1.82) is 0 Å². The Morgan fingerprint density at radius 1 is 1.28 bits per heavy atom. The average molecular weight is 401 g/mol. The number of carbonyl (C=O) groups is 1. The van der Waals surface area contributed by atoms with E-state index in [9.17, 15) is 4.79 Å². The molecule has 2 atom stereocenters. The van der Waals surface area contributed by atoms with E-state index >= 15 is 0 Å². The van der Waals surface area contributed by atoms with Gasteiger partial charge in [-0.05, 0) is 43.4 Å². The zero-order chi connectivity index (χ0) is 19.6. The Labute approximate surface area is 172 Å².